The first-order chi connectivity index (χ1) is 8.88. The van der Waals surface area contributed by atoms with Gasteiger partial charge in [-0.05, 0) is 12.0 Å². The second-order valence-electron chi connectivity index (χ2n) is 4.23. The van der Waals surface area contributed by atoms with E-state index in [4.69, 9.17) is 9.63 Å². The summed E-state index contributed by atoms with van der Waals surface area (Å²) >= 11 is 0. The summed E-state index contributed by atoms with van der Waals surface area (Å²) in [7, 11) is 0. The third kappa shape index (κ3) is 3.98. The molecule has 0 bridgehead atoms. The number of benzene rings is 1. The summed E-state index contributed by atoms with van der Waals surface area (Å²) < 4.78 is 4.82. The highest BCUT2D eigenvalue weighted by Gasteiger charge is 2.07. The molecule has 0 aliphatic carbocycles. The highest BCUT2D eigenvalue weighted by molar-refractivity contribution is 5.14. The van der Waals surface area contributed by atoms with Gasteiger partial charge in [-0.15, -0.1) is 0 Å². The third-order valence-corrected chi connectivity index (χ3v) is 2.85. The topological polar surface area (TPSA) is 49.5 Å². The first-order valence-corrected chi connectivity index (χ1v) is 6.15. The van der Waals surface area contributed by atoms with Crippen molar-refractivity contribution in [2.24, 2.45) is 0 Å². The number of hydrogen-bond donors (Lipinski definition) is 1. The van der Waals surface area contributed by atoms with Gasteiger partial charge in [0.2, 0.25) is 0 Å². The lowest BCUT2D eigenvalue weighted by Crippen LogP contribution is -2.28. The smallest absolute Gasteiger partial charge is 0.124 e. The standard InChI is InChI=1S/C14H18N2O2/c17-10-9-16(12-14-7-11-18-15-14)8-6-13-4-2-1-3-5-13/h1-5,7,11,17H,6,8-10,12H2. The van der Waals surface area contributed by atoms with E-state index in [1.165, 1.54) is 5.56 Å². The first-order valence-electron chi connectivity index (χ1n) is 6.15. The zero-order valence-electron chi connectivity index (χ0n) is 10.3. The van der Waals surface area contributed by atoms with Crippen molar-refractivity contribution in [2.45, 2.75) is 13.0 Å². The molecule has 1 N–H and O–H groups in total. The zero-order chi connectivity index (χ0) is 12.6. The summed E-state index contributed by atoms with van der Waals surface area (Å²) in [6.07, 6.45) is 2.54. The molecule has 0 unspecified atom stereocenters. The van der Waals surface area contributed by atoms with Gasteiger partial charge in [-0.25, -0.2) is 0 Å². The van der Waals surface area contributed by atoms with Crippen molar-refractivity contribution in [3.8, 4) is 0 Å². The quantitative estimate of drug-likeness (QED) is 0.808. The zero-order valence-corrected chi connectivity index (χ0v) is 10.3. The van der Waals surface area contributed by atoms with Gasteiger partial charge >= 0.3 is 0 Å². The second-order valence-corrected chi connectivity index (χ2v) is 4.23. The van der Waals surface area contributed by atoms with Crippen LogP contribution < -0.4 is 0 Å². The van der Waals surface area contributed by atoms with Crippen LogP contribution in [0.5, 0.6) is 0 Å². The molecule has 0 spiro atoms. The van der Waals surface area contributed by atoms with Crippen molar-refractivity contribution in [3.05, 3.63) is 53.9 Å². The maximum atomic E-state index is 9.08. The lowest BCUT2D eigenvalue weighted by Gasteiger charge is -2.19. The van der Waals surface area contributed by atoms with Crippen molar-refractivity contribution < 1.29 is 9.63 Å². The van der Waals surface area contributed by atoms with Crippen LogP contribution in [0.4, 0.5) is 0 Å². The van der Waals surface area contributed by atoms with Crippen LogP contribution in [-0.4, -0.2) is 34.9 Å². The van der Waals surface area contributed by atoms with Crippen molar-refractivity contribution in [1.82, 2.24) is 10.1 Å². The lowest BCUT2D eigenvalue weighted by atomic mass is 10.1. The van der Waals surface area contributed by atoms with Crippen LogP contribution in [0.25, 0.3) is 0 Å². The second kappa shape index (κ2) is 6.93. The van der Waals surface area contributed by atoms with Crippen LogP contribution >= 0.6 is 0 Å². The Labute approximate surface area is 107 Å². The van der Waals surface area contributed by atoms with Gasteiger partial charge < -0.3 is 9.63 Å². The Bertz CT molecular complexity index is 428. The summed E-state index contributed by atoms with van der Waals surface area (Å²) in [5, 5.41) is 13.0. The van der Waals surface area contributed by atoms with Gasteiger partial charge in [-0.2, -0.15) is 0 Å². The van der Waals surface area contributed by atoms with E-state index in [9.17, 15) is 0 Å². The molecule has 2 aromatic rings. The number of hydrogen-bond acceptors (Lipinski definition) is 4. The van der Waals surface area contributed by atoms with E-state index >= 15 is 0 Å². The summed E-state index contributed by atoms with van der Waals surface area (Å²) in [5.41, 5.74) is 2.21. The summed E-state index contributed by atoms with van der Waals surface area (Å²) in [4.78, 5) is 2.17. The molecule has 18 heavy (non-hydrogen) atoms. The van der Waals surface area contributed by atoms with E-state index in [0.717, 1.165) is 18.7 Å². The first kappa shape index (κ1) is 12.8. The van der Waals surface area contributed by atoms with E-state index < -0.39 is 0 Å². The number of rotatable bonds is 7. The molecule has 0 aliphatic heterocycles. The van der Waals surface area contributed by atoms with Gasteiger partial charge in [0.1, 0.15) is 6.26 Å². The normalized spacial score (nSPS) is 11.0. The van der Waals surface area contributed by atoms with Crippen LogP contribution in [0.1, 0.15) is 11.3 Å². The summed E-state index contributed by atoms with van der Waals surface area (Å²) in [6.45, 7) is 2.42. The Hall–Kier alpha value is -1.65. The fourth-order valence-corrected chi connectivity index (χ4v) is 1.89. The Kier molecular flexibility index (Phi) is 4.93. The molecule has 4 nitrogen and oxygen atoms in total. The predicted octanol–water partition coefficient (Wildman–Crippen LogP) is 1.71. The molecule has 0 radical (unpaired) electrons. The molecule has 0 fully saturated rings. The van der Waals surface area contributed by atoms with Gasteiger partial charge in [0, 0.05) is 25.7 Å². The van der Waals surface area contributed by atoms with E-state index in [0.29, 0.717) is 13.1 Å². The fraction of sp³-hybridized carbons (Fsp3) is 0.357. The minimum absolute atomic E-state index is 0.159. The molecule has 96 valence electrons. The van der Waals surface area contributed by atoms with Crippen LogP contribution in [0, 0.1) is 0 Å². The van der Waals surface area contributed by atoms with Crippen LogP contribution in [0.15, 0.2) is 47.2 Å². The van der Waals surface area contributed by atoms with Crippen LogP contribution in [0.2, 0.25) is 0 Å². The van der Waals surface area contributed by atoms with Crippen molar-refractivity contribution in [2.75, 3.05) is 19.7 Å². The van der Waals surface area contributed by atoms with Crippen molar-refractivity contribution >= 4 is 0 Å². The van der Waals surface area contributed by atoms with Gasteiger partial charge in [-0.1, -0.05) is 35.5 Å². The number of aliphatic hydroxyl groups is 1. The molecule has 0 saturated carbocycles. The molecule has 0 atom stereocenters. The van der Waals surface area contributed by atoms with Crippen molar-refractivity contribution in [1.29, 1.82) is 0 Å². The maximum absolute atomic E-state index is 9.08. The minimum Gasteiger partial charge on any atom is -0.395 e. The van der Waals surface area contributed by atoms with Crippen LogP contribution in [-0.2, 0) is 13.0 Å². The molecule has 1 aromatic heterocycles. The average Bonchev–Trinajstić information content (AvgIpc) is 2.90. The third-order valence-electron chi connectivity index (χ3n) is 2.85. The molecular weight excluding hydrogens is 228 g/mol. The van der Waals surface area contributed by atoms with Gasteiger partial charge in [0.15, 0.2) is 0 Å². The molecule has 1 heterocycles. The number of aliphatic hydroxyl groups excluding tert-OH is 1. The van der Waals surface area contributed by atoms with Gasteiger partial charge in [-0.3, -0.25) is 4.90 Å². The SMILES string of the molecule is OCCN(CCc1ccccc1)Cc1ccon1. The molecule has 0 amide bonds. The largest absolute Gasteiger partial charge is 0.395 e. The molecule has 1 aromatic carbocycles. The van der Waals surface area contributed by atoms with E-state index in [2.05, 4.69) is 22.2 Å². The molecule has 0 saturated heterocycles. The average molecular weight is 246 g/mol. The highest BCUT2D eigenvalue weighted by Crippen LogP contribution is 2.05. The van der Waals surface area contributed by atoms with E-state index in [-0.39, 0.29) is 6.61 Å². The Morgan fingerprint density at radius 3 is 2.61 bits per heavy atom. The Morgan fingerprint density at radius 1 is 1.11 bits per heavy atom. The van der Waals surface area contributed by atoms with Crippen molar-refractivity contribution in [3.63, 3.8) is 0 Å². The Balaban J connectivity index is 1.86. The summed E-state index contributed by atoms with van der Waals surface area (Å²) in [6, 6.07) is 12.2. The highest BCUT2D eigenvalue weighted by atomic mass is 16.5. The molecule has 0 aliphatic rings. The molecule has 2 rings (SSSR count). The van der Waals surface area contributed by atoms with Gasteiger partial charge in [0.25, 0.3) is 0 Å². The van der Waals surface area contributed by atoms with E-state index in [1.807, 2.05) is 24.3 Å². The lowest BCUT2D eigenvalue weighted by molar-refractivity contribution is 0.188. The fourth-order valence-electron chi connectivity index (χ4n) is 1.89. The predicted molar refractivity (Wildman–Crippen MR) is 69.0 cm³/mol. The monoisotopic (exact) mass is 246 g/mol. The van der Waals surface area contributed by atoms with Crippen LogP contribution in [0.3, 0.4) is 0 Å². The Morgan fingerprint density at radius 2 is 1.94 bits per heavy atom. The van der Waals surface area contributed by atoms with Gasteiger partial charge in [0.05, 0.1) is 12.3 Å². The van der Waals surface area contributed by atoms with E-state index in [1.54, 1.807) is 6.26 Å². The summed E-state index contributed by atoms with van der Waals surface area (Å²) in [5.74, 6) is 0. The molecular formula is C14H18N2O2. The maximum Gasteiger partial charge on any atom is 0.124 e. The minimum atomic E-state index is 0.159. The molecule has 4 heteroatoms. The number of nitrogens with zero attached hydrogens (tertiary/aromatic N) is 2. The number of aromatic nitrogens is 1.